The molecular formula is C14H19N5O. The third kappa shape index (κ3) is 3.81. The molecule has 4 N–H and O–H groups in total. The van der Waals surface area contributed by atoms with Gasteiger partial charge in [0, 0.05) is 5.69 Å². The van der Waals surface area contributed by atoms with Crippen LogP contribution < -0.4 is 11.1 Å². The monoisotopic (exact) mass is 273 g/mol. The van der Waals surface area contributed by atoms with Gasteiger partial charge in [0.15, 0.2) is 0 Å². The summed E-state index contributed by atoms with van der Waals surface area (Å²) < 4.78 is 0. The lowest BCUT2D eigenvalue weighted by Crippen LogP contribution is -2.13. The molecule has 20 heavy (non-hydrogen) atoms. The van der Waals surface area contributed by atoms with Gasteiger partial charge >= 0.3 is 0 Å². The number of aromatic nitrogens is 3. The molecule has 0 fully saturated rings. The second-order valence-electron chi connectivity index (χ2n) is 4.65. The van der Waals surface area contributed by atoms with E-state index < -0.39 is 0 Å². The topological polar surface area (TPSA) is 96.7 Å². The Morgan fingerprint density at radius 2 is 2.05 bits per heavy atom. The molecule has 6 nitrogen and oxygen atoms in total. The number of hydrogen-bond donors (Lipinski definition) is 3. The summed E-state index contributed by atoms with van der Waals surface area (Å²) in [6.07, 6.45) is 4.72. The highest BCUT2D eigenvalue weighted by Crippen LogP contribution is 2.13. The second-order valence-corrected chi connectivity index (χ2v) is 4.65. The number of nitrogens with two attached hydrogens (primary N) is 1. The summed E-state index contributed by atoms with van der Waals surface area (Å²) in [6, 6.07) is 7.83. The number of nitrogens with zero attached hydrogens (tertiary/aromatic N) is 2. The van der Waals surface area contributed by atoms with Crippen molar-refractivity contribution >= 4 is 17.5 Å². The Labute approximate surface area is 117 Å². The molecule has 0 aliphatic carbocycles. The molecule has 0 saturated carbocycles. The van der Waals surface area contributed by atoms with Gasteiger partial charge in [0.1, 0.15) is 0 Å². The fourth-order valence-corrected chi connectivity index (χ4v) is 1.90. The van der Waals surface area contributed by atoms with Crippen LogP contribution in [-0.4, -0.2) is 21.1 Å². The third-order valence-electron chi connectivity index (χ3n) is 3.00. The minimum absolute atomic E-state index is 0.0569. The van der Waals surface area contributed by atoms with Crippen molar-refractivity contribution < 1.29 is 4.79 Å². The minimum Gasteiger partial charge on any atom is -0.366 e. The molecule has 106 valence electrons. The summed E-state index contributed by atoms with van der Waals surface area (Å²) >= 11 is 0. The molecule has 1 amide bonds. The second kappa shape index (κ2) is 6.70. The Balaban J connectivity index is 1.91. The molecule has 0 radical (unpaired) electrons. The van der Waals surface area contributed by atoms with Gasteiger partial charge in [0.05, 0.1) is 0 Å². The molecular weight excluding hydrogens is 254 g/mol. The number of benzene rings is 1. The number of carbonyl (C=O) groups is 1. The quantitative estimate of drug-likeness (QED) is 0.704. The van der Waals surface area contributed by atoms with E-state index in [1.54, 1.807) is 0 Å². The smallest absolute Gasteiger partial charge is 0.293 e. The number of anilines is 2. The van der Waals surface area contributed by atoms with Crippen molar-refractivity contribution in [1.29, 1.82) is 0 Å². The molecule has 2 rings (SSSR count). The zero-order valence-electron chi connectivity index (χ0n) is 11.5. The molecule has 0 spiro atoms. The van der Waals surface area contributed by atoms with E-state index in [1.165, 1.54) is 24.8 Å². The lowest BCUT2D eigenvalue weighted by atomic mass is 10.1. The van der Waals surface area contributed by atoms with Crippen LogP contribution in [0.4, 0.5) is 11.6 Å². The van der Waals surface area contributed by atoms with Crippen LogP contribution in [0.1, 0.15) is 42.4 Å². The number of H-pyrrole nitrogens is 1. The molecule has 0 aliphatic rings. The van der Waals surface area contributed by atoms with Gasteiger partial charge in [-0.1, -0.05) is 31.9 Å². The number of unbranched alkanes of at least 4 members (excludes halogenated alkanes) is 2. The maximum atomic E-state index is 11.8. The number of aryl methyl sites for hydroxylation is 1. The molecule has 1 heterocycles. The number of hydrogen-bond acceptors (Lipinski definition) is 4. The van der Waals surface area contributed by atoms with Crippen LogP contribution >= 0.6 is 0 Å². The van der Waals surface area contributed by atoms with Crippen LogP contribution in [0.5, 0.6) is 0 Å². The summed E-state index contributed by atoms with van der Waals surface area (Å²) in [5.41, 5.74) is 7.36. The zero-order valence-corrected chi connectivity index (χ0v) is 11.5. The number of nitrogen functional groups attached to an aromatic ring is 1. The van der Waals surface area contributed by atoms with Crippen LogP contribution in [0.25, 0.3) is 0 Å². The number of amides is 1. The zero-order chi connectivity index (χ0) is 14.4. The van der Waals surface area contributed by atoms with E-state index in [2.05, 4.69) is 27.4 Å². The van der Waals surface area contributed by atoms with Crippen molar-refractivity contribution in [2.24, 2.45) is 0 Å². The highest BCUT2D eigenvalue weighted by molar-refractivity contribution is 6.01. The summed E-state index contributed by atoms with van der Waals surface area (Å²) in [6.45, 7) is 2.19. The van der Waals surface area contributed by atoms with Crippen molar-refractivity contribution in [3.8, 4) is 0 Å². The van der Waals surface area contributed by atoms with Gasteiger partial charge in [-0.05, 0) is 30.5 Å². The number of carbonyl (C=O) groups excluding carboxylic acids is 1. The van der Waals surface area contributed by atoms with Gasteiger partial charge in [-0.25, -0.2) is 0 Å². The van der Waals surface area contributed by atoms with Crippen molar-refractivity contribution in [2.45, 2.75) is 32.6 Å². The summed E-state index contributed by atoms with van der Waals surface area (Å²) in [5.74, 6) is -0.191. The van der Waals surface area contributed by atoms with E-state index in [4.69, 9.17) is 5.73 Å². The largest absolute Gasteiger partial charge is 0.366 e. The molecule has 0 atom stereocenters. The van der Waals surface area contributed by atoms with E-state index in [0.717, 1.165) is 12.1 Å². The highest BCUT2D eigenvalue weighted by Gasteiger charge is 2.10. The molecule has 0 bridgehead atoms. The molecule has 6 heteroatoms. The van der Waals surface area contributed by atoms with E-state index in [1.807, 2.05) is 24.3 Å². The van der Waals surface area contributed by atoms with Gasteiger partial charge in [0.2, 0.25) is 11.8 Å². The first-order chi connectivity index (χ1) is 9.69. The normalized spacial score (nSPS) is 10.4. The molecule has 2 aromatic rings. The number of rotatable bonds is 6. The van der Waals surface area contributed by atoms with Crippen molar-refractivity contribution in [3.05, 3.63) is 35.7 Å². The predicted octanol–water partition coefficient (Wildman–Crippen LogP) is 2.37. The third-order valence-corrected chi connectivity index (χ3v) is 3.00. The summed E-state index contributed by atoms with van der Waals surface area (Å²) in [5, 5.41) is 8.83. The van der Waals surface area contributed by atoms with Gasteiger partial charge in [0.25, 0.3) is 5.91 Å². The van der Waals surface area contributed by atoms with Crippen molar-refractivity contribution in [1.82, 2.24) is 15.2 Å². The Bertz CT molecular complexity index is 561. The Kier molecular flexibility index (Phi) is 4.70. The molecule has 0 saturated heterocycles. The first-order valence-corrected chi connectivity index (χ1v) is 6.77. The Morgan fingerprint density at radius 3 is 2.65 bits per heavy atom. The molecule has 1 aromatic heterocycles. The van der Waals surface area contributed by atoms with E-state index in [-0.39, 0.29) is 17.7 Å². The lowest BCUT2D eigenvalue weighted by molar-refractivity contribution is 0.101. The molecule has 1 aromatic carbocycles. The van der Waals surface area contributed by atoms with E-state index in [9.17, 15) is 4.79 Å². The van der Waals surface area contributed by atoms with Crippen LogP contribution in [0.15, 0.2) is 24.3 Å². The van der Waals surface area contributed by atoms with Crippen LogP contribution in [0, 0.1) is 0 Å². The van der Waals surface area contributed by atoms with Crippen molar-refractivity contribution in [2.75, 3.05) is 11.1 Å². The lowest BCUT2D eigenvalue weighted by Gasteiger charge is -2.05. The molecule has 0 aliphatic heterocycles. The van der Waals surface area contributed by atoms with E-state index >= 15 is 0 Å². The van der Waals surface area contributed by atoms with Crippen molar-refractivity contribution in [3.63, 3.8) is 0 Å². The first kappa shape index (κ1) is 14.0. The average molecular weight is 273 g/mol. The minimum atomic E-state index is -0.354. The van der Waals surface area contributed by atoms with Gasteiger partial charge in [-0.2, -0.15) is 4.98 Å². The van der Waals surface area contributed by atoms with Crippen LogP contribution in [0.2, 0.25) is 0 Å². The van der Waals surface area contributed by atoms with Gasteiger partial charge in [-0.15, -0.1) is 5.10 Å². The van der Waals surface area contributed by atoms with Crippen LogP contribution in [-0.2, 0) is 6.42 Å². The van der Waals surface area contributed by atoms with Gasteiger partial charge < -0.3 is 11.1 Å². The summed E-state index contributed by atoms with van der Waals surface area (Å²) in [4.78, 5) is 15.6. The number of aromatic amines is 1. The SMILES string of the molecule is CCCCCc1ccc(NC(=O)c2nc(N)n[nH]2)cc1. The predicted molar refractivity (Wildman–Crippen MR) is 78.4 cm³/mol. The Morgan fingerprint density at radius 1 is 1.30 bits per heavy atom. The number of nitrogens with one attached hydrogen (secondary N) is 2. The Hall–Kier alpha value is -2.37. The summed E-state index contributed by atoms with van der Waals surface area (Å²) in [7, 11) is 0. The van der Waals surface area contributed by atoms with Gasteiger partial charge in [-0.3, -0.25) is 9.89 Å². The fourth-order valence-electron chi connectivity index (χ4n) is 1.90. The fraction of sp³-hybridized carbons (Fsp3) is 0.357. The maximum absolute atomic E-state index is 11.8. The average Bonchev–Trinajstić information content (AvgIpc) is 2.88. The maximum Gasteiger partial charge on any atom is 0.293 e. The highest BCUT2D eigenvalue weighted by atomic mass is 16.2. The molecule has 0 unspecified atom stereocenters. The standard InChI is InChI=1S/C14H19N5O/c1-2-3-4-5-10-6-8-11(9-7-10)16-13(20)12-17-14(15)19-18-12/h6-9H,2-5H2,1H3,(H,16,20)(H3,15,17,18,19). The van der Waals surface area contributed by atoms with E-state index in [0.29, 0.717) is 0 Å². The first-order valence-electron chi connectivity index (χ1n) is 6.77. The van der Waals surface area contributed by atoms with Crippen LogP contribution in [0.3, 0.4) is 0 Å².